The first-order chi connectivity index (χ1) is 12.0. The van der Waals surface area contributed by atoms with Gasteiger partial charge in [-0.3, -0.25) is 0 Å². The summed E-state index contributed by atoms with van der Waals surface area (Å²) in [6.45, 7) is 1.81. The minimum Gasteiger partial charge on any atom is -0.464 e. The molecule has 7 nitrogen and oxygen atoms in total. The summed E-state index contributed by atoms with van der Waals surface area (Å²) in [5.74, 6) is 0.0532. The van der Waals surface area contributed by atoms with E-state index in [2.05, 4.69) is 9.97 Å². The summed E-state index contributed by atoms with van der Waals surface area (Å²) in [6.07, 6.45) is 3.21. The van der Waals surface area contributed by atoms with Crippen LogP contribution in [0.2, 0.25) is 0 Å². The Bertz CT molecular complexity index is 1000. The highest BCUT2D eigenvalue weighted by Gasteiger charge is 2.21. The number of methoxy groups -OCH3 is 1. The minimum atomic E-state index is -0.609. The van der Waals surface area contributed by atoms with E-state index in [0.717, 1.165) is 11.3 Å². The van der Waals surface area contributed by atoms with E-state index >= 15 is 0 Å². The van der Waals surface area contributed by atoms with Gasteiger partial charge < -0.3 is 15.0 Å². The van der Waals surface area contributed by atoms with Gasteiger partial charge >= 0.3 is 5.97 Å². The molecule has 7 heteroatoms. The largest absolute Gasteiger partial charge is 0.464 e. The van der Waals surface area contributed by atoms with Crippen molar-refractivity contribution in [2.24, 2.45) is 0 Å². The van der Waals surface area contributed by atoms with E-state index in [1.54, 1.807) is 16.8 Å². The van der Waals surface area contributed by atoms with Gasteiger partial charge in [0.15, 0.2) is 5.69 Å². The molecule has 124 valence electrons. The van der Waals surface area contributed by atoms with Gasteiger partial charge in [0.1, 0.15) is 11.9 Å². The number of hydrogen-bond donors (Lipinski definition) is 1. The molecule has 1 aromatic carbocycles. The smallest absolute Gasteiger partial charge is 0.357 e. The molecule has 0 fully saturated rings. The molecule has 0 atom stereocenters. The molecule has 0 spiro atoms. The number of rotatable bonds is 3. The second-order valence-corrected chi connectivity index (χ2v) is 5.32. The quantitative estimate of drug-likeness (QED) is 0.738. The standard InChI is InChI=1S/C18H15N5O2/c1-11-21-7-6-15(22-11)12-4-3-5-14(8-12)23-10-13(9-19)16(20)17(23)18(24)25-2/h3-8,10H,20H2,1-2H3. The molecule has 0 saturated heterocycles. The van der Waals surface area contributed by atoms with Gasteiger partial charge in [0, 0.05) is 23.6 Å². The van der Waals surface area contributed by atoms with Gasteiger partial charge in [-0.05, 0) is 25.1 Å². The van der Waals surface area contributed by atoms with Crippen LogP contribution in [-0.4, -0.2) is 27.6 Å². The summed E-state index contributed by atoms with van der Waals surface area (Å²) in [7, 11) is 1.27. The summed E-state index contributed by atoms with van der Waals surface area (Å²) in [6, 6.07) is 11.2. The second kappa shape index (κ2) is 6.45. The lowest BCUT2D eigenvalue weighted by Gasteiger charge is -2.10. The Labute approximate surface area is 144 Å². The molecule has 2 heterocycles. The third-order valence-corrected chi connectivity index (χ3v) is 3.74. The Morgan fingerprint density at radius 1 is 1.36 bits per heavy atom. The van der Waals surface area contributed by atoms with Gasteiger partial charge in [-0.1, -0.05) is 12.1 Å². The van der Waals surface area contributed by atoms with Crippen LogP contribution in [0.25, 0.3) is 16.9 Å². The fourth-order valence-electron chi connectivity index (χ4n) is 2.55. The van der Waals surface area contributed by atoms with Gasteiger partial charge in [-0.2, -0.15) is 5.26 Å². The van der Waals surface area contributed by atoms with E-state index < -0.39 is 5.97 Å². The molecule has 2 N–H and O–H groups in total. The maximum absolute atomic E-state index is 12.1. The first kappa shape index (κ1) is 16.2. The first-order valence-corrected chi connectivity index (χ1v) is 7.45. The molecule has 0 radical (unpaired) electrons. The third-order valence-electron chi connectivity index (χ3n) is 3.74. The molecule has 0 aliphatic rings. The Balaban J connectivity index is 2.17. The number of hydrogen-bond acceptors (Lipinski definition) is 6. The maximum Gasteiger partial charge on any atom is 0.357 e. The first-order valence-electron chi connectivity index (χ1n) is 7.45. The van der Waals surface area contributed by atoms with Crippen molar-refractivity contribution in [2.45, 2.75) is 6.92 Å². The zero-order chi connectivity index (χ0) is 18.0. The highest BCUT2D eigenvalue weighted by Crippen LogP contribution is 2.27. The number of nitriles is 1. The van der Waals surface area contributed by atoms with E-state index in [1.165, 1.54) is 13.3 Å². The number of anilines is 1. The normalized spacial score (nSPS) is 10.3. The number of carbonyl (C=O) groups excluding carboxylic acids is 1. The summed E-state index contributed by atoms with van der Waals surface area (Å²) in [4.78, 5) is 20.6. The molecule has 3 aromatic rings. The number of aromatic nitrogens is 3. The topological polar surface area (TPSA) is 107 Å². The average Bonchev–Trinajstić information content (AvgIpc) is 2.97. The highest BCUT2D eigenvalue weighted by molar-refractivity contribution is 5.96. The van der Waals surface area contributed by atoms with Gasteiger partial charge in [0.05, 0.1) is 24.1 Å². The molecule has 2 aromatic heterocycles. The zero-order valence-corrected chi connectivity index (χ0v) is 13.7. The van der Waals surface area contributed by atoms with E-state index in [0.29, 0.717) is 11.5 Å². The van der Waals surface area contributed by atoms with Gasteiger partial charge in [0.2, 0.25) is 0 Å². The molecular formula is C18H15N5O2. The molecular weight excluding hydrogens is 318 g/mol. The molecule has 25 heavy (non-hydrogen) atoms. The highest BCUT2D eigenvalue weighted by atomic mass is 16.5. The Kier molecular flexibility index (Phi) is 4.18. The fraction of sp³-hybridized carbons (Fsp3) is 0.111. The van der Waals surface area contributed by atoms with Crippen molar-refractivity contribution in [1.29, 1.82) is 5.26 Å². The number of nitrogens with two attached hydrogens (primary N) is 1. The minimum absolute atomic E-state index is 0.0950. The van der Waals surface area contributed by atoms with Crippen LogP contribution in [0.15, 0.2) is 42.7 Å². The van der Waals surface area contributed by atoms with Crippen LogP contribution >= 0.6 is 0 Å². The predicted molar refractivity (Wildman–Crippen MR) is 92.0 cm³/mol. The van der Waals surface area contributed by atoms with Crippen molar-refractivity contribution in [3.8, 4) is 23.0 Å². The molecule has 0 aliphatic heterocycles. The number of aryl methyl sites for hydroxylation is 1. The molecule has 3 rings (SSSR count). The number of nitrogen functional groups attached to an aromatic ring is 1. The molecule has 0 amide bonds. The summed E-state index contributed by atoms with van der Waals surface area (Å²) in [5.41, 5.74) is 8.64. The van der Waals surface area contributed by atoms with Gasteiger partial charge in [-0.25, -0.2) is 14.8 Å². The second-order valence-electron chi connectivity index (χ2n) is 5.32. The summed E-state index contributed by atoms with van der Waals surface area (Å²) >= 11 is 0. The van der Waals surface area contributed by atoms with Crippen molar-refractivity contribution in [2.75, 3.05) is 12.8 Å². The van der Waals surface area contributed by atoms with Crippen molar-refractivity contribution in [1.82, 2.24) is 14.5 Å². The number of nitrogens with zero attached hydrogens (tertiary/aromatic N) is 4. The van der Waals surface area contributed by atoms with Gasteiger partial charge in [0.25, 0.3) is 0 Å². The van der Waals surface area contributed by atoms with E-state index in [4.69, 9.17) is 10.5 Å². The lowest BCUT2D eigenvalue weighted by molar-refractivity contribution is 0.0593. The van der Waals surface area contributed by atoms with Crippen molar-refractivity contribution in [3.05, 3.63) is 59.8 Å². The monoisotopic (exact) mass is 333 g/mol. The van der Waals surface area contributed by atoms with E-state index in [1.807, 2.05) is 37.3 Å². The Hall–Kier alpha value is -3.66. The number of carbonyl (C=O) groups is 1. The Morgan fingerprint density at radius 2 is 2.16 bits per heavy atom. The van der Waals surface area contributed by atoms with Crippen LogP contribution in [0, 0.1) is 18.3 Å². The van der Waals surface area contributed by atoms with Gasteiger partial charge in [-0.15, -0.1) is 0 Å². The molecule has 0 aliphatic carbocycles. The Morgan fingerprint density at radius 3 is 2.84 bits per heavy atom. The van der Waals surface area contributed by atoms with E-state index in [9.17, 15) is 10.1 Å². The molecule has 0 saturated carbocycles. The van der Waals surface area contributed by atoms with Crippen LogP contribution in [0.1, 0.15) is 21.9 Å². The predicted octanol–water partition coefficient (Wildman–Crippen LogP) is 2.48. The van der Waals surface area contributed by atoms with Crippen LogP contribution in [0.5, 0.6) is 0 Å². The van der Waals surface area contributed by atoms with Crippen LogP contribution in [0.3, 0.4) is 0 Å². The SMILES string of the molecule is COC(=O)c1c(N)c(C#N)cn1-c1cccc(-c2ccnc(C)n2)c1. The lowest BCUT2D eigenvalue weighted by Crippen LogP contribution is -2.11. The summed E-state index contributed by atoms with van der Waals surface area (Å²) < 4.78 is 6.35. The van der Waals surface area contributed by atoms with Crippen molar-refractivity contribution >= 4 is 11.7 Å². The average molecular weight is 333 g/mol. The third kappa shape index (κ3) is 2.93. The number of esters is 1. The van der Waals surface area contributed by atoms with Crippen LogP contribution in [0.4, 0.5) is 5.69 Å². The molecule has 0 bridgehead atoms. The van der Waals surface area contributed by atoms with Crippen LogP contribution in [-0.2, 0) is 4.74 Å². The number of ether oxygens (including phenoxy) is 1. The van der Waals surface area contributed by atoms with E-state index in [-0.39, 0.29) is 16.9 Å². The molecule has 0 unspecified atom stereocenters. The number of benzene rings is 1. The lowest BCUT2D eigenvalue weighted by atomic mass is 10.1. The maximum atomic E-state index is 12.1. The van der Waals surface area contributed by atoms with Crippen LogP contribution < -0.4 is 5.73 Å². The fourth-order valence-corrected chi connectivity index (χ4v) is 2.55. The summed E-state index contributed by atoms with van der Waals surface area (Å²) in [5, 5.41) is 9.21. The van der Waals surface area contributed by atoms with Crippen molar-refractivity contribution < 1.29 is 9.53 Å². The zero-order valence-electron chi connectivity index (χ0n) is 13.7. The van der Waals surface area contributed by atoms with Crippen molar-refractivity contribution in [3.63, 3.8) is 0 Å².